The van der Waals surface area contributed by atoms with Gasteiger partial charge in [-0.25, -0.2) is 8.42 Å². The van der Waals surface area contributed by atoms with Gasteiger partial charge in [0.15, 0.2) is 9.84 Å². The number of carboxylic acids is 1. The maximum absolute atomic E-state index is 12.5. The largest absolute Gasteiger partial charge is 0.481 e. The zero-order valence-electron chi connectivity index (χ0n) is 14.8. The Morgan fingerprint density at radius 1 is 1.17 bits per heavy atom. The average molecular weight is 355 g/mol. The molecule has 1 amide bonds. The minimum Gasteiger partial charge on any atom is -0.481 e. The molecule has 0 radical (unpaired) electrons. The Kier molecular flexibility index (Phi) is 6.16. The molecular weight excluding hydrogens is 330 g/mol. The topological polar surface area (TPSA) is 101 Å². The lowest BCUT2D eigenvalue weighted by atomic mass is 9.82. The highest BCUT2D eigenvalue weighted by atomic mass is 32.2. The van der Waals surface area contributed by atoms with Crippen LogP contribution in [0, 0.1) is 19.3 Å². The van der Waals surface area contributed by atoms with Gasteiger partial charge in [-0.1, -0.05) is 13.8 Å². The molecule has 1 aromatic rings. The van der Waals surface area contributed by atoms with Crippen LogP contribution in [0.15, 0.2) is 17.0 Å². The predicted octanol–water partition coefficient (Wildman–Crippen LogP) is 2.33. The molecule has 0 unspecified atom stereocenters. The van der Waals surface area contributed by atoms with Gasteiger partial charge in [-0.2, -0.15) is 0 Å². The molecule has 6 nitrogen and oxygen atoms in total. The summed E-state index contributed by atoms with van der Waals surface area (Å²) in [5, 5.41) is 12.1. The van der Waals surface area contributed by atoms with Crippen molar-refractivity contribution in [2.24, 2.45) is 5.41 Å². The second-order valence-corrected chi connectivity index (χ2v) is 8.18. The van der Waals surface area contributed by atoms with Gasteiger partial charge >= 0.3 is 5.97 Å². The number of nitrogens with one attached hydrogen (secondary N) is 1. The molecule has 134 valence electrons. The molecular formula is C17H25NO5S. The molecule has 0 bridgehead atoms. The highest BCUT2D eigenvalue weighted by Crippen LogP contribution is 2.26. The summed E-state index contributed by atoms with van der Waals surface area (Å²) in [4.78, 5) is 24.1. The Bertz CT molecular complexity index is 748. The number of rotatable bonds is 7. The lowest BCUT2D eigenvalue weighted by Gasteiger charge is -2.27. The van der Waals surface area contributed by atoms with Crippen molar-refractivity contribution >= 4 is 21.7 Å². The summed E-state index contributed by atoms with van der Waals surface area (Å²) in [6, 6.07) is 2.87. The maximum atomic E-state index is 12.5. The first-order chi connectivity index (χ1) is 11.0. The van der Waals surface area contributed by atoms with Crippen LogP contribution < -0.4 is 5.32 Å². The number of carboxylic acid groups (broad SMARTS) is 1. The van der Waals surface area contributed by atoms with Crippen LogP contribution in [0.25, 0.3) is 0 Å². The lowest BCUT2D eigenvalue weighted by Crippen LogP contribution is -2.42. The molecule has 1 rings (SSSR count). The van der Waals surface area contributed by atoms with Gasteiger partial charge in [-0.3, -0.25) is 9.59 Å². The second-order valence-electron chi connectivity index (χ2n) is 6.16. The van der Waals surface area contributed by atoms with Gasteiger partial charge in [-0.05, 0) is 49.9 Å². The van der Waals surface area contributed by atoms with Crippen molar-refractivity contribution in [1.29, 1.82) is 0 Å². The first kappa shape index (κ1) is 20.2. The molecule has 1 aromatic carbocycles. The van der Waals surface area contributed by atoms with Crippen molar-refractivity contribution in [3.05, 3.63) is 28.8 Å². The number of sulfone groups is 1. The third kappa shape index (κ3) is 4.14. The van der Waals surface area contributed by atoms with Gasteiger partial charge in [0.1, 0.15) is 0 Å². The number of carbonyl (C=O) groups is 2. The average Bonchev–Trinajstić information content (AvgIpc) is 2.49. The van der Waals surface area contributed by atoms with E-state index >= 15 is 0 Å². The van der Waals surface area contributed by atoms with Crippen LogP contribution in [0.2, 0.25) is 0 Å². The summed E-state index contributed by atoms with van der Waals surface area (Å²) in [5.74, 6) is -1.42. The normalized spacial score (nSPS) is 12.0. The Morgan fingerprint density at radius 3 is 2.12 bits per heavy atom. The van der Waals surface area contributed by atoms with Crippen LogP contribution >= 0.6 is 0 Å². The molecule has 0 saturated carbocycles. The SMILES string of the molecule is CCC(CC)(CNC(=O)c1cc(S(C)(=O)=O)cc(C)c1C)C(=O)O. The van der Waals surface area contributed by atoms with Gasteiger partial charge < -0.3 is 10.4 Å². The van der Waals surface area contributed by atoms with E-state index in [1.165, 1.54) is 12.1 Å². The van der Waals surface area contributed by atoms with E-state index < -0.39 is 27.1 Å². The molecule has 24 heavy (non-hydrogen) atoms. The molecule has 7 heteroatoms. The van der Waals surface area contributed by atoms with Gasteiger partial charge in [0, 0.05) is 18.4 Å². The second kappa shape index (κ2) is 7.34. The minimum absolute atomic E-state index is 0.00421. The zero-order valence-corrected chi connectivity index (χ0v) is 15.6. The smallest absolute Gasteiger partial charge is 0.311 e. The van der Waals surface area contributed by atoms with Gasteiger partial charge in [0.25, 0.3) is 5.91 Å². The van der Waals surface area contributed by atoms with Crippen LogP contribution in [-0.2, 0) is 14.6 Å². The molecule has 0 saturated heterocycles. The quantitative estimate of drug-likeness (QED) is 0.782. The predicted molar refractivity (Wildman–Crippen MR) is 92.0 cm³/mol. The fraction of sp³-hybridized carbons (Fsp3) is 0.529. The van der Waals surface area contributed by atoms with E-state index in [9.17, 15) is 23.1 Å². The van der Waals surface area contributed by atoms with E-state index in [1.54, 1.807) is 27.7 Å². The Hall–Kier alpha value is -1.89. The lowest BCUT2D eigenvalue weighted by molar-refractivity contribution is -0.149. The fourth-order valence-electron chi connectivity index (χ4n) is 2.50. The van der Waals surface area contributed by atoms with Crippen LogP contribution in [0.1, 0.15) is 48.2 Å². The van der Waals surface area contributed by atoms with Gasteiger partial charge in [0.05, 0.1) is 10.3 Å². The van der Waals surface area contributed by atoms with Crippen molar-refractivity contribution in [2.75, 3.05) is 12.8 Å². The van der Waals surface area contributed by atoms with E-state index in [1.807, 2.05) is 0 Å². The molecule has 0 aliphatic rings. The number of aliphatic carboxylic acids is 1. The van der Waals surface area contributed by atoms with Crippen molar-refractivity contribution < 1.29 is 23.1 Å². The van der Waals surface area contributed by atoms with Crippen molar-refractivity contribution in [3.63, 3.8) is 0 Å². The van der Waals surface area contributed by atoms with Crippen LogP contribution in [-0.4, -0.2) is 38.2 Å². The van der Waals surface area contributed by atoms with E-state index in [0.717, 1.165) is 6.26 Å². The number of hydrogen-bond donors (Lipinski definition) is 2. The summed E-state index contributed by atoms with van der Waals surface area (Å²) in [5.41, 5.74) is 0.599. The van der Waals surface area contributed by atoms with E-state index in [2.05, 4.69) is 5.32 Å². The molecule has 0 atom stereocenters. The molecule has 0 heterocycles. The number of carbonyl (C=O) groups excluding carboxylic acids is 1. The number of benzene rings is 1. The molecule has 0 fully saturated rings. The highest BCUT2D eigenvalue weighted by Gasteiger charge is 2.35. The minimum atomic E-state index is -3.44. The van der Waals surface area contributed by atoms with Crippen LogP contribution in [0.3, 0.4) is 0 Å². The summed E-state index contributed by atoms with van der Waals surface area (Å²) in [6.07, 6.45) is 1.86. The molecule has 0 aliphatic carbocycles. The Morgan fingerprint density at radius 2 is 1.71 bits per heavy atom. The highest BCUT2D eigenvalue weighted by molar-refractivity contribution is 7.90. The first-order valence-electron chi connectivity index (χ1n) is 7.81. The third-order valence-electron chi connectivity index (χ3n) is 4.71. The van der Waals surface area contributed by atoms with E-state index in [-0.39, 0.29) is 17.0 Å². The molecule has 2 N–H and O–H groups in total. The summed E-state index contributed by atoms with van der Waals surface area (Å²) < 4.78 is 23.5. The number of aryl methyl sites for hydroxylation is 1. The van der Waals surface area contributed by atoms with Gasteiger partial charge in [-0.15, -0.1) is 0 Å². The van der Waals surface area contributed by atoms with Crippen LogP contribution in [0.4, 0.5) is 0 Å². The van der Waals surface area contributed by atoms with Crippen molar-refractivity contribution in [3.8, 4) is 0 Å². The standard InChI is InChI=1S/C17H25NO5S/c1-6-17(7-2,16(20)21)10-18-15(19)14-9-13(24(5,22)23)8-11(3)12(14)4/h8-9H,6-7,10H2,1-5H3,(H,18,19)(H,20,21). The van der Waals surface area contributed by atoms with Crippen molar-refractivity contribution in [2.45, 2.75) is 45.4 Å². The third-order valence-corrected chi connectivity index (χ3v) is 5.80. The Balaban J connectivity index is 3.17. The van der Waals surface area contributed by atoms with E-state index in [4.69, 9.17) is 0 Å². The monoisotopic (exact) mass is 355 g/mol. The maximum Gasteiger partial charge on any atom is 0.311 e. The number of amides is 1. The fourth-order valence-corrected chi connectivity index (χ4v) is 3.22. The molecule has 0 aromatic heterocycles. The zero-order chi connectivity index (χ0) is 18.7. The Labute approximate surface area is 143 Å². The first-order valence-corrected chi connectivity index (χ1v) is 9.70. The molecule has 0 spiro atoms. The summed E-state index contributed by atoms with van der Waals surface area (Å²) >= 11 is 0. The number of hydrogen-bond acceptors (Lipinski definition) is 4. The van der Waals surface area contributed by atoms with Crippen molar-refractivity contribution in [1.82, 2.24) is 5.32 Å². The molecule has 0 aliphatic heterocycles. The summed E-state index contributed by atoms with van der Waals surface area (Å²) in [7, 11) is -3.44. The van der Waals surface area contributed by atoms with Crippen LogP contribution in [0.5, 0.6) is 0 Å². The van der Waals surface area contributed by atoms with Gasteiger partial charge in [0.2, 0.25) is 0 Å². The summed E-state index contributed by atoms with van der Waals surface area (Å²) in [6.45, 7) is 7.00. The van der Waals surface area contributed by atoms with E-state index in [0.29, 0.717) is 24.0 Å².